The summed E-state index contributed by atoms with van der Waals surface area (Å²) in [5.74, 6) is 1.62. The largest absolute Gasteiger partial charge is 0.0990 e. The Hall–Kier alpha value is -2.34. The first-order valence-corrected chi connectivity index (χ1v) is 8.96. The maximum Gasteiger partial charge on any atom is 0.0210 e. The molecule has 0 heteroatoms. The minimum absolute atomic E-state index is 0.389. The fourth-order valence-electron chi connectivity index (χ4n) is 4.00. The van der Waals surface area contributed by atoms with Crippen molar-refractivity contribution in [2.45, 2.75) is 31.6 Å². The summed E-state index contributed by atoms with van der Waals surface area (Å²) < 4.78 is 0. The fourth-order valence-corrected chi connectivity index (χ4v) is 4.00. The quantitative estimate of drug-likeness (QED) is 0.568. The van der Waals surface area contributed by atoms with Gasteiger partial charge in [0, 0.05) is 11.8 Å². The summed E-state index contributed by atoms with van der Waals surface area (Å²) in [5.41, 5.74) is 6.83. The van der Waals surface area contributed by atoms with E-state index in [-0.39, 0.29) is 0 Å². The topological polar surface area (TPSA) is 0 Å². The van der Waals surface area contributed by atoms with E-state index in [0.29, 0.717) is 17.8 Å². The fraction of sp³-hybridized carbons (Fsp3) is 0.250. The van der Waals surface area contributed by atoms with Crippen LogP contribution in [0.15, 0.2) is 85.0 Å². The van der Waals surface area contributed by atoms with E-state index in [1.807, 2.05) is 0 Å². The van der Waals surface area contributed by atoms with E-state index in [2.05, 4.69) is 86.3 Å². The molecule has 1 saturated carbocycles. The van der Waals surface area contributed by atoms with Gasteiger partial charge in [-0.3, -0.25) is 0 Å². The average Bonchev–Trinajstić information content (AvgIpc) is 3.24. The van der Waals surface area contributed by atoms with Gasteiger partial charge in [-0.05, 0) is 41.0 Å². The molecule has 0 N–H and O–H groups in total. The Morgan fingerprint density at radius 1 is 0.875 bits per heavy atom. The Balaban J connectivity index is 1.53. The molecule has 0 saturated heterocycles. The Bertz CT molecular complexity index is 790. The average molecular weight is 312 g/mol. The molecule has 0 spiro atoms. The lowest BCUT2D eigenvalue weighted by molar-refractivity contribution is 0.694. The molecule has 4 rings (SSSR count). The van der Waals surface area contributed by atoms with Crippen molar-refractivity contribution in [3.8, 4) is 0 Å². The molecule has 2 aromatic rings. The first-order valence-electron chi connectivity index (χ1n) is 8.96. The van der Waals surface area contributed by atoms with Gasteiger partial charge in [0.25, 0.3) is 0 Å². The third-order valence-electron chi connectivity index (χ3n) is 5.64. The third kappa shape index (κ3) is 2.78. The lowest BCUT2D eigenvalue weighted by atomic mass is 9.90. The molecule has 1 fully saturated rings. The minimum Gasteiger partial charge on any atom is -0.0990 e. The molecule has 3 unspecified atom stereocenters. The van der Waals surface area contributed by atoms with Gasteiger partial charge in [0.15, 0.2) is 0 Å². The smallest absolute Gasteiger partial charge is 0.0210 e. The van der Waals surface area contributed by atoms with Gasteiger partial charge >= 0.3 is 0 Å². The molecule has 0 aromatic heterocycles. The Labute approximate surface area is 145 Å². The highest BCUT2D eigenvalue weighted by molar-refractivity contribution is 5.78. The Morgan fingerprint density at radius 2 is 1.58 bits per heavy atom. The molecular formula is C24H24. The number of allylic oxidation sites excluding steroid dienone is 5. The predicted molar refractivity (Wildman–Crippen MR) is 103 cm³/mol. The number of benzene rings is 2. The van der Waals surface area contributed by atoms with Crippen molar-refractivity contribution in [3.63, 3.8) is 0 Å². The molecule has 24 heavy (non-hydrogen) atoms. The first-order chi connectivity index (χ1) is 11.7. The zero-order valence-electron chi connectivity index (χ0n) is 14.3. The highest BCUT2D eigenvalue weighted by atomic mass is 14.3. The van der Waals surface area contributed by atoms with Crippen LogP contribution in [0.3, 0.4) is 0 Å². The summed E-state index contributed by atoms with van der Waals surface area (Å²) in [6, 6.07) is 19.8. The maximum absolute atomic E-state index is 4.32. The van der Waals surface area contributed by atoms with Gasteiger partial charge in [-0.25, -0.2) is 0 Å². The SMILES string of the molecule is C=C1C(C)CCC1c1ccc(C2C=CC(c3ccccc3)=C2)cc1. The molecular weight excluding hydrogens is 288 g/mol. The normalized spacial score (nSPS) is 26.0. The second-order valence-corrected chi connectivity index (χ2v) is 7.15. The summed E-state index contributed by atoms with van der Waals surface area (Å²) in [6.07, 6.45) is 9.43. The zero-order chi connectivity index (χ0) is 16.5. The van der Waals surface area contributed by atoms with Gasteiger partial charge < -0.3 is 0 Å². The molecule has 3 atom stereocenters. The van der Waals surface area contributed by atoms with Gasteiger partial charge in [-0.15, -0.1) is 0 Å². The van der Waals surface area contributed by atoms with Crippen LogP contribution in [0.25, 0.3) is 5.57 Å². The predicted octanol–water partition coefficient (Wildman–Crippen LogP) is 6.49. The van der Waals surface area contributed by atoms with Gasteiger partial charge in [0.1, 0.15) is 0 Å². The van der Waals surface area contributed by atoms with E-state index < -0.39 is 0 Å². The van der Waals surface area contributed by atoms with E-state index >= 15 is 0 Å². The highest BCUT2D eigenvalue weighted by Crippen LogP contribution is 2.42. The molecule has 2 aromatic carbocycles. The minimum atomic E-state index is 0.389. The molecule has 0 aliphatic heterocycles. The molecule has 0 heterocycles. The van der Waals surface area contributed by atoms with Crippen LogP contribution >= 0.6 is 0 Å². The Morgan fingerprint density at radius 3 is 2.25 bits per heavy atom. The van der Waals surface area contributed by atoms with Crippen LogP contribution in [-0.4, -0.2) is 0 Å². The van der Waals surface area contributed by atoms with E-state index in [4.69, 9.17) is 0 Å². The van der Waals surface area contributed by atoms with Crippen molar-refractivity contribution >= 4 is 5.57 Å². The number of hydrogen-bond acceptors (Lipinski definition) is 0. The number of rotatable bonds is 3. The highest BCUT2D eigenvalue weighted by Gasteiger charge is 2.26. The summed E-state index contributed by atoms with van der Waals surface area (Å²) in [6.45, 7) is 6.62. The summed E-state index contributed by atoms with van der Waals surface area (Å²) >= 11 is 0. The van der Waals surface area contributed by atoms with Crippen molar-refractivity contribution in [2.24, 2.45) is 5.92 Å². The van der Waals surface area contributed by atoms with Crippen molar-refractivity contribution < 1.29 is 0 Å². The van der Waals surface area contributed by atoms with Crippen LogP contribution in [-0.2, 0) is 0 Å². The van der Waals surface area contributed by atoms with Crippen LogP contribution < -0.4 is 0 Å². The standard InChI is InChI=1S/C24H24/c1-17-8-15-24(18(17)2)21-11-9-20(10-12-21)23-14-13-22(16-23)19-6-4-3-5-7-19/h3-7,9-14,16-17,23-24H,2,8,15H2,1H3. The number of hydrogen-bond donors (Lipinski definition) is 0. The first kappa shape index (κ1) is 15.2. The van der Waals surface area contributed by atoms with Crippen LogP contribution in [0.4, 0.5) is 0 Å². The van der Waals surface area contributed by atoms with E-state index in [0.717, 1.165) is 0 Å². The molecule has 0 radical (unpaired) electrons. The van der Waals surface area contributed by atoms with Crippen LogP contribution in [0.5, 0.6) is 0 Å². The monoisotopic (exact) mass is 312 g/mol. The molecule has 2 aliphatic rings. The van der Waals surface area contributed by atoms with E-state index in [9.17, 15) is 0 Å². The van der Waals surface area contributed by atoms with Crippen molar-refractivity contribution in [1.82, 2.24) is 0 Å². The second-order valence-electron chi connectivity index (χ2n) is 7.15. The lowest BCUT2D eigenvalue weighted by Gasteiger charge is -2.15. The van der Waals surface area contributed by atoms with Crippen molar-refractivity contribution in [1.29, 1.82) is 0 Å². The third-order valence-corrected chi connectivity index (χ3v) is 5.64. The Kier molecular flexibility index (Phi) is 3.98. The molecule has 0 amide bonds. The van der Waals surface area contributed by atoms with E-state index in [1.165, 1.54) is 40.7 Å². The van der Waals surface area contributed by atoms with Crippen LogP contribution in [0.2, 0.25) is 0 Å². The van der Waals surface area contributed by atoms with Gasteiger partial charge in [-0.2, -0.15) is 0 Å². The van der Waals surface area contributed by atoms with Crippen molar-refractivity contribution in [3.05, 3.63) is 102 Å². The maximum atomic E-state index is 4.32. The van der Waals surface area contributed by atoms with E-state index in [1.54, 1.807) is 0 Å². The molecule has 0 bridgehead atoms. The zero-order valence-corrected chi connectivity index (χ0v) is 14.3. The summed E-state index contributed by atoms with van der Waals surface area (Å²) in [7, 11) is 0. The second kappa shape index (κ2) is 6.28. The van der Waals surface area contributed by atoms with Gasteiger partial charge in [-0.1, -0.05) is 91.9 Å². The summed E-state index contributed by atoms with van der Waals surface area (Å²) in [5, 5.41) is 0. The lowest BCUT2D eigenvalue weighted by Crippen LogP contribution is -1.98. The van der Waals surface area contributed by atoms with Gasteiger partial charge in [0.2, 0.25) is 0 Å². The molecule has 0 nitrogen and oxygen atoms in total. The van der Waals surface area contributed by atoms with Crippen LogP contribution in [0, 0.1) is 5.92 Å². The van der Waals surface area contributed by atoms with Crippen LogP contribution in [0.1, 0.15) is 48.3 Å². The van der Waals surface area contributed by atoms with Gasteiger partial charge in [0.05, 0.1) is 0 Å². The summed E-state index contributed by atoms with van der Waals surface area (Å²) in [4.78, 5) is 0. The molecule has 2 aliphatic carbocycles. The van der Waals surface area contributed by atoms with Crippen molar-refractivity contribution in [2.75, 3.05) is 0 Å². The molecule has 120 valence electrons.